The van der Waals surface area contributed by atoms with Gasteiger partial charge in [-0.15, -0.1) is 0 Å². The van der Waals surface area contributed by atoms with Crippen molar-refractivity contribution in [2.45, 2.75) is 51.5 Å². The monoisotopic (exact) mass is 293 g/mol. The molecule has 20 heavy (non-hydrogen) atoms. The first-order valence-corrected chi connectivity index (χ1v) is 9.07. The summed E-state index contributed by atoms with van der Waals surface area (Å²) < 4.78 is 0. The van der Waals surface area contributed by atoms with Crippen molar-refractivity contribution in [1.29, 1.82) is 0 Å². The molecule has 0 spiro atoms. The normalized spacial score (nSPS) is 11.0. The van der Waals surface area contributed by atoms with Crippen LogP contribution in [0.2, 0.25) is 0 Å². The van der Waals surface area contributed by atoms with Crippen LogP contribution in [0.25, 0.3) is 0 Å². The minimum absolute atomic E-state index is 1.00. The lowest BCUT2D eigenvalue weighted by molar-refractivity contribution is 0.541. The lowest BCUT2D eigenvalue weighted by Crippen LogP contribution is -2.29. The van der Waals surface area contributed by atoms with Gasteiger partial charge >= 0.3 is 0 Å². The number of rotatable bonds is 13. The highest BCUT2D eigenvalue weighted by molar-refractivity contribution is 6.03. The van der Waals surface area contributed by atoms with E-state index < -0.39 is 0 Å². The Morgan fingerprint density at radius 1 is 0.750 bits per heavy atom. The van der Waals surface area contributed by atoms with Gasteiger partial charge in [-0.2, -0.15) is 0 Å². The molecule has 0 aliphatic rings. The largest absolute Gasteiger partial charge is 0.313 e. The summed E-state index contributed by atoms with van der Waals surface area (Å²) in [6, 6.07) is 10.6. The number of unbranched alkanes of at least 4 members (excludes halogenated alkanes) is 6. The number of hydrogen-bond acceptors (Lipinski definition) is 3. The molecule has 0 saturated heterocycles. The van der Waals surface area contributed by atoms with Crippen molar-refractivity contribution in [3.63, 3.8) is 0 Å². The average Bonchev–Trinajstić information content (AvgIpc) is 2.49. The van der Waals surface area contributed by atoms with Crippen LogP contribution >= 0.6 is 0 Å². The van der Waals surface area contributed by atoms with Crippen LogP contribution in [0.1, 0.15) is 50.5 Å². The van der Waals surface area contributed by atoms with E-state index in [-0.39, 0.29) is 0 Å². The van der Waals surface area contributed by atoms with E-state index in [0.29, 0.717) is 0 Å². The van der Waals surface area contributed by atoms with E-state index >= 15 is 0 Å². The first kappa shape index (κ1) is 17.4. The maximum atomic E-state index is 3.51. The lowest BCUT2D eigenvalue weighted by Gasteiger charge is -2.05. The first-order chi connectivity index (χ1) is 9.93. The number of hydrogen-bond donors (Lipinski definition) is 3. The Balaban J connectivity index is 1.77. The maximum absolute atomic E-state index is 3.51. The summed E-state index contributed by atoms with van der Waals surface area (Å²) in [6.45, 7) is 3.26. The van der Waals surface area contributed by atoms with E-state index in [1.165, 1.54) is 50.5 Å². The molecule has 0 atom stereocenters. The minimum atomic E-state index is 1.00. The Hall–Kier alpha value is -0.683. The van der Waals surface area contributed by atoms with E-state index in [0.717, 1.165) is 30.0 Å². The Kier molecular flexibility index (Phi) is 11.6. The van der Waals surface area contributed by atoms with Gasteiger partial charge < -0.3 is 5.32 Å². The molecule has 3 N–H and O–H groups in total. The summed E-state index contributed by atoms with van der Waals surface area (Å²) in [5.74, 6) is 0. The minimum Gasteiger partial charge on any atom is -0.313 e. The Morgan fingerprint density at radius 2 is 1.35 bits per heavy atom. The smallest absolute Gasteiger partial charge is 0.0942 e. The molecule has 0 radical (unpaired) electrons. The van der Waals surface area contributed by atoms with Gasteiger partial charge in [0, 0.05) is 13.1 Å². The highest BCUT2D eigenvalue weighted by atomic mass is 28.2. The topological polar surface area (TPSA) is 36.1 Å². The quantitative estimate of drug-likeness (QED) is 0.295. The fourth-order valence-electron chi connectivity index (χ4n) is 2.30. The molecule has 4 heteroatoms. The molecule has 0 fully saturated rings. The highest BCUT2D eigenvalue weighted by Crippen LogP contribution is 2.06. The molecule has 114 valence electrons. The van der Waals surface area contributed by atoms with Gasteiger partial charge in [0.15, 0.2) is 0 Å². The first-order valence-electron chi connectivity index (χ1n) is 8.07. The van der Waals surface area contributed by atoms with Crippen molar-refractivity contribution in [3.05, 3.63) is 35.9 Å². The lowest BCUT2D eigenvalue weighted by atomic mass is 10.1. The fraction of sp³-hybridized carbons (Fsp3) is 0.625. The van der Waals surface area contributed by atoms with E-state index in [1.54, 1.807) is 0 Å². The predicted molar refractivity (Wildman–Crippen MR) is 91.5 cm³/mol. The molecule has 0 aliphatic carbocycles. The molecular weight excluding hydrogens is 262 g/mol. The van der Waals surface area contributed by atoms with Gasteiger partial charge in [-0.05, 0) is 24.9 Å². The van der Waals surface area contributed by atoms with Gasteiger partial charge in [0.2, 0.25) is 0 Å². The van der Waals surface area contributed by atoms with Crippen molar-refractivity contribution in [1.82, 2.24) is 15.8 Å². The zero-order valence-electron chi connectivity index (χ0n) is 13.0. The Labute approximate surface area is 127 Å². The molecule has 1 aromatic carbocycles. The standard InChI is InChI=1S/C16H31N3Si/c20-19-18-14-10-5-3-1-2-4-9-13-17-15-16-11-7-6-8-12-16/h6-8,11-12,17-19H,1-5,9-10,13-15H2,20H3. The van der Waals surface area contributed by atoms with Crippen molar-refractivity contribution in [2.24, 2.45) is 0 Å². The van der Waals surface area contributed by atoms with Crippen LogP contribution in [0.5, 0.6) is 0 Å². The molecule has 0 heterocycles. The maximum Gasteiger partial charge on any atom is 0.0942 e. The number of benzene rings is 1. The number of nitrogens with one attached hydrogen (secondary N) is 3. The fourth-order valence-corrected chi connectivity index (χ4v) is 2.55. The second-order valence-corrected chi connectivity index (χ2v) is 5.81. The second kappa shape index (κ2) is 13.3. The van der Waals surface area contributed by atoms with Crippen LogP contribution < -0.4 is 15.8 Å². The summed E-state index contributed by atoms with van der Waals surface area (Å²) in [5.41, 5.74) is 4.57. The van der Waals surface area contributed by atoms with Crippen molar-refractivity contribution in [2.75, 3.05) is 13.1 Å². The molecule has 1 rings (SSSR count). The summed E-state index contributed by atoms with van der Waals surface area (Å²) in [6.07, 6.45) is 9.50. The van der Waals surface area contributed by atoms with E-state index in [4.69, 9.17) is 0 Å². The molecule has 0 aromatic heterocycles. The van der Waals surface area contributed by atoms with E-state index in [9.17, 15) is 0 Å². The third-order valence-electron chi connectivity index (χ3n) is 3.50. The summed E-state index contributed by atoms with van der Waals surface area (Å²) >= 11 is 0. The van der Waals surface area contributed by atoms with Crippen LogP contribution in [0.4, 0.5) is 0 Å². The third kappa shape index (κ3) is 10.1. The molecule has 0 unspecified atom stereocenters. The molecule has 0 aliphatic heterocycles. The van der Waals surface area contributed by atoms with Crippen LogP contribution in [0.3, 0.4) is 0 Å². The van der Waals surface area contributed by atoms with Crippen molar-refractivity contribution in [3.8, 4) is 0 Å². The average molecular weight is 294 g/mol. The van der Waals surface area contributed by atoms with Gasteiger partial charge in [-0.3, -0.25) is 10.5 Å². The van der Waals surface area contributed by atoms with E-state index in [1.807, 2.05) is 0 Å². The molecular formula is C16H31N3Si. The number of hydrazine groups is 1. The van der Waals surface area contributed by atoms with Crippen molar-refractivity contribution < 1.29 is 0 Å². The van der Waals surface area contributed by atoms with Gasteiger partial charge in [-0.1, -0.05) is 62.4 Å². The van der Waals surface area contributed by atoms with Gasteiger partial charge in [0.25, 0.3) is 0 Å². The molecule has 0 saturated carbocycles. The second-order valence-electron chi connectivity index (χ2n) is 5.31. The van der Waals surface area contributed by atoms with Gasteiger partial charge in [-0.25, -0.2) is 0 Å². The van der Waals surface area contributed by atoms with Crippen LogP contribution in [-0.2, 0) is 6.54 Å². The SMILES string of the molecule is [SiH3]NNCCCCCCCCCNCc1ccccc1. The summed E-state index contributed by atoms with van der Waals surface area (Å²) in [7, 11) is 1.03. The summed E-state index contributed by atoms with van der Waals surface area (Å²) in [5, 5.41) is 6.61. The molecule has 3 nitrogen and oxygen atoms in total. The van der Waals surface area contributed by atoms with Crippen LogP contribution in [-0.4, -0.2) is 23.5 Å². The highest BCUT2D eigenvalue weighted by Gasteiger charge is 1.93. The predicted octanol–water partition coefficient (Wildman–Crippen LogP) is 1.88. The van der Waals surface area contributed by atoms with Gasteiger partial charge in [0.1, 0.15) is 0 Å². The summed E-state index contributed by atoms with van der Waals surface area (Å²) in [4.78, 5) is 0. The zero-order valence-corrected chi connectivity index (χ0v) is 15.0. The van der Waals surface area contributed by atoms with Crippen LogP contribution in [0.15, 0.2) is 30.3 Å². The molecule has 0 bridgehead atoms. The van der Waals surface area contributed by atoms with Gasteiger partial charge in [0.05, 0.1) is 10.4 Å². The molecule has 1 aromatic rings. The van der Waals surface area contributed by atoms with E-state index in [2.05, 4.69) is 46.2 Å². The zero-order chi connectivity index (χ0) is 14.3. The van der Waals surface area contributed by atoms with Crippen molar-refractivity contribution >= 4 is 10.4 Å². The molecule has 0 amide bonds. The Morgan fingerprint density at radius 3 is 2.00 bits per heavy atom. The Bertz CT molecular complexity index is 306. The van der Waals surface area contributed by atoms with Crippen LogP contribution in [0, 0.1) is 0 Å². The third-order valence-corrected chi connectivity index (χ3v) is 3.86.